The Balaban J connectivity index is 2.60. The van der Waals surface area contributed by atoms with Crippen molar-refractivity contribution in [1.82, 2.24) is 5.32 Å². The van der Waals surface area contributed by atoms with Gasteiger partial charge in [-0.15, -0.1) is 0 Å². The van der Waals surface area contributed by atoms with Crippen LogP contribution < -0.4 is 10.6 Å². The van der Waals surface area contributed by atoms with Gasteiger partial charge in [-0.2, -0.15) is 0 Å². The van der Waals surface area contributed by atoms with Crippen LogP contribution in [0.25, 0.3) is 0 Å². The first-order valence-corrected chi connectivity index (χ1v) is 5.99. The molecule has 0 saturated carbocycles. The quantitative estimate of drug-likeness (QED) is 0.742. The minimum atomic E-state index is -1.16. The van der Waals surface area contributed by atoms with Gasteiger partial charge in [0.25, 0.3) is 0 Å². The van der Waals surface area contributed by atoms with E-state index in [1.54, 1.807) is 6.92 Å². The van der Waals surface area contributed by atoms with Gasteiger partial charge in [0, 0.05) is 25.8 Å². The first-order chi connectivity index (χ1) is 9.43. The van der Waals surface area contributed by atoms with E-state index >= 15 is 0 Å². The Bertz CT molecular complexity index is 493. The molecular formula is C13H17FN2O4. The van der Waals surface area contributed by atoms with Crippen molar-refractivity contribution in [2.75, 3.05) is 19.0 Å². The molecule has 1 atom stereocenters. The van der Waals surface area contributed by atoms with Crippen LogP contribution >= 0.6 is 0 Å². The maximum Gasteiger partial charge on any atom is 0.326 e. The van der Waals surface area contributed by atoms with Gasteiger partial charge in [0.15, 0.2) is 0 Å². The number of halogens is 1. The first kappa shape index (κ1) is 15.9. The fourth-order valence-electron chi connectivity index (χ4n) is 1.49. The molecule has 7 heteroatoms. The summed E-state index contributed by atoms with van der Waals surface area (Å²) < 4.78 is 18.1. The van der Waals surface area contributed by atoms with Crippen LogP contribution in [0.2, 0.25) is 0 Å². The lowest BCUT2D eigenvalue weighted by molar-refractivity contribution is -0.139. The van der Waals surface area contributed by atoms with Crippen LogP contribution in [0.3, 0.4) is 0 Å². The zero-order valence-corrected chi connectivity index (χ0v) is 11.3. The van der Waals surface area contributed by atoms with Crippen molar-refractivity contribution in [3.05, 3.63) is 29.6 Å². The third-order valence-corrected chi connectivity index (χ3v) is 2.64. The highest BCUT2D eigenvalue weighted by molar-refractivity contribution is 5.92. The van der Waals surface area contributed by atoms with Crippen molar-refractivity contribution in [2.45, 2.75) is 19.4 Å². The molecule has 1 rings (SSSR count). The zero-order chi connectivity index (χ0) is 15.1. The highest BCUT2D eigenvalue weighted by Crippen LogP contribution is 2.13. The van der Waals surface area contributed by atoms with Gasteiger partial charge in [-0.1, -0.05) is 6.07 Å². The van der Waals surface area contributed by atoms with E-state index in [4.69, 9.17) is 9.84 Å². The van der Waals surface area contributed by atoms with Crippen LogP contribution in [0.4, 0.5) is 14.9 Å². The number of aryl methyl sites for hydroxylation is 1. The van der Waals surface area contributed by atoms with Crippen molar-refractivity contribution >= 4 is 17.7 Å². The SMILES string of the molecule is COCCC(NC(=O)Nc1ccc(C)c(F)c1)C(=O)O. The van der Waals surface area contributed by atoms with E-state index in [9.17, 15) is 14.0 Å². The lowest BCUT2D eigenvalue weighted by Crippen LogP contribution is -2.43. The van der Waals surface area contributed by atoms with Gasteiger partial charge in [-0.05, 0) is 24.6 Å². The molecule has 0 saturated heterocycles. The average Bonchev–Trinajstić information content (AvgIpc) is 2.38. The van der Waals surface area contributed by atoms with Gasteiger partial charge < -0.3 is 20.5 Å². The third-order valence-electron chi connectivity index (χ3n) is 2.64. The molecule has 20 heavy (non-hydrogen) atoms. The van der Waals surface area contributed by atoms with Crippen LogP contribution in [-0.2, 0) is 9.53 Å². The summed E-state index contributed by atoms with van der Waals surface area (Å²) in [5, 5.41) is 13.6. The number of methoxy groups -OCH3 is 1. The zero-order valence-electron chi connectivity index (χ0n) is 11.3. The molecule has 0 aliphatic carbocycles. The number of ether oxygens (including phenoxy) is 1. The van der Waals surface area contributed by atoms with Crippen molar-refractivity contribution in [1.29, 1.82) is 0 Å². The molecule has 0 fully saturated rings. The summed E-state index contributed by atoms with van der Waals surface area (Å²) in [6, 6.07) is 2.44. The lowest BCUT2D eigenvalue weighted by Gasteiger charge is -2.14. The Hall–Kier alpha value is -2.15. The van der Waals surface area contributed by atoms with Gasteiger partial charge in [-0.3, -0.25) is 0 Å². The molecule has 3 N–H and O–H groups in total. The fourth-order valence-corrected chi connectivity index (χ4v) is 1.49. The minimum Gasteiger partial charge on any atom is -0.480 e. The van der Waals surface area contributed by atoms with E-state index in [1.165, 1.54) is 25.3 Å². The number of hydrogen-bond acceptors (Lipinski definition) is 3. The number of rotatable bonds is 6. The van der Waals surface area contributed by atoms with Gasteiger partial charge in [0.1, 0.15) is 11.9 Å². The van der Waals surface area contributed by atoms with Crippen LogP contribution in [0.15, 0.2) is 18.2 Å². The Morgan fingerprint density at radius 3 is 2.70 bits per heavy atom. The van der Waals surface area contributed by atoms with E-state index < -0.39 is 23.9 Å². The van der Waals surface area contributed by atoms with Crippen molar-refractivity contribution in [3.8, 4) is 0 Å². The molecule has 0 bridgehead atoms. The maximum atomic E-state index is 13.3. The van der Waals surface area contributed by atoms with Crippen LogP contribution in [0, 0.1) is 12.7 Å². The molecule has 6 nitrogen and oxygen atoms in total. The molecule has 1 aromatic carbocycles. The highest BCUT2D eigenvalue weighted by atomic mass is 19.1. The first-order valence-electron chi connectivity index (χ1n) is 5.99. The largest absolute Gasteiger partial charge is 0.480 e. The van der Waals surface area contributed by atoms with Crippen molar-refractivity contribution in [3.63, 3.8) is 0 Å². The standard InChI is InChI=1S/C13H17FN2O4/c1-8-3-4-9(7-10(8)14)15-13(19)16-11(12(17)18)5-6-20-2/h3-4,7,11H,5-6H2,1-2H3,(H,17,18)(H2,15,16,19). The molecule has 110 valence electrons. The van der Waals surface area contributed by atoms with Gasteiger partial charge in [0.05, 0.1) is 0 Å². The van der Waals surface area contributed by atoms with E-state index in [2.05, 4.69) is 10.6 Å². The number of amides is 2. The van der Waals surface area contributed by atoms with E-state index in [1.807, 2.05) is 0 Å². The number of benzene rings is 1. The second-order valence-corrected chi connectivity index (χ2v) is 4.23. The fraction of sp³-hybridized carbons (Fsp3) is 0.385. The molecule has 0 aliphatic rings. The Kier molecular flexibility index (Phi) is 5.92. The summed E-state index contributed by atoms with van der Waals surface area (Å²) in [4.78, 5) is 22.6. The predicted molar refractivity (Wildman–Crippen MR) is 71.2 cm³/mol. The molecular weight excluding hydrogens is 267 g/mol. The minimum absolute atomic E-state index is 0.140. The number of carbonyl (C=O) groups excluding carboxylic acids is 1. The smallest absolute Gasteiger partial charge is 0.326 e. The predicted octanol–water partition coefficient (Wildman–Crippen LogP) is 1.75. The average molecular weight is 284 g/mol. The maximum absolute atomic E-state index is 13.3. The molecule has 0 spiro atoms. The van der Waals surface area contributed by atoms with E-state index in [0.717, 1.165) is 0 Å². The summed E-state index contributed by atoms with van der Waals surface area (Å²) in [5.41, 5.74) is 0.709. The number of hydrogen-bond donors (Lipinski definition) is 3. The van der Waals surface area contributed by atoms with Crippen LogP contribution in [0.5, 0.6) is 0 Å². The van der Waals surface area contributed by atoms with Crippen molar-refractivity contribution in [2.24, 2.45) is 0 Å². The summed E-state index contributed by atoms with van der Waals surface area (Å²) in [7, 11) is 1.44. The number of carbonyl (C=O) groups is 2. The van der Waals surface area contributed by atoms with Gasteiger partial charge in [-0.25, -0.2) is 14.0 Å². The van der Waals surface area contributed by atoms with Crippen LogP contribution in [0.1, 0.15) is 12.0 Å². The molecule has 1 unspecified atom stereocenters. The van der Waals surface area contributed by atoms with Gasteiger partial charge in [0.2, 0.25) is 0 Å². The molecule has 0 radical (unpaired) electrons. The molecule has 0 heterocycles. The second-order valence-electron chi connectivity index (χ2n) is 4.23. The number of aliphatic carboxylic acids is 1. The normalized spacial score (nSPS) is 11.8. The summed E-state index contributed by atoms with van der Waals surface area (Å²) in [6.45, 7) is 1.81. The number of anilines is 1. The van der Waals surface area contributed by atoms with Crippen molar-refractivity contribution < 1.29 is 23.8 Å². The van der Waals surface area contributed by atoms with E-state index in [0.29, 0.717) is 5.56 Å². The lowest BCUT2D eigenvalue weighted by atomic mass is 10.2. The van der Waals surface area contributed by atoms with Crippen LogP contribution in [-0.4, -0.2) is 36.9 Å². The number of nitrogens with one attached hydrogen (secondary N) is 2. The summed E-state index contributed by atoms with van der Waals surface area (Å²) in [6.07, 6.45) is 0.140. The number of carboxylic acid groups (broad SMARTS) is 1. The summed E-state index contributed by atoms with van der Waals surface area (Å²) in [5.74, 6) is -1.61. The monoisotopic (exact) mass is 284 g/mol. The van der Waals surface area contributed by atoms with E-state index in [-0.39, 0.29) is 18.7 Å². The molecule has 0 aliphatic heterocycles. The Labute approximate surface area is 115 Å². The molecule has 2 amide bonds. The summed E-state index contributed by atoms with van der Waals surface area (Å²) >= 11 is 0. The Morgan fingerprint density at radius 1 is 1.45 bits per heavy atom. The molecule has 0 aromatic heterocycles. The van der Waals surface area contributed by atoms with Gasteiger partial charge >= 0.3 is 12.0 Å². The number of carboxylic acids is 1. The molecule has 1 aromatic rings. The highest BCUT2D eigenvalue weighted by Gasteiger charge is 2.19. The Morgan fingerprint density at radius 2 is 2.15 bits per heavy atom. The number of urea groups is 1. The topological polar surface area (TPSA) is 87.7 Å². The third kappa shape index (κ3) is 4.85. The second kappa shape index (κ2) is 7.44.